The number of carbonyl (C=O) groups is 2. The molecule has 0 bridgehead atoms. The van der Waals surface area contributed by atoms with Gasteiger partial charge in [-0.05, 0) is 23.9 Å². The monoisotopic (exact) mass is 444 g/mol. The second-order valence-corrected chi connectivity index (χ2v) is 8.01. The van der Waals surface area contributed by atoms with Crippen LogP contribution in [0.1, 0.15) is 11.1 Å². The van der Waals surface area contributed by atoms with E-state index in [0.717, 1.165) is 21.9 Å². The van der Waals surface area contributed by atoms with Crippen molar-refractivity contribution in [2.75, 3.05) is 45.4 Å². The van der Waals surface area contributed by atoms with Crippen LogP contribution in [-0.2, 0) is 19.1 Å². The van der Waals surface area contributed by atoms with E-state index in [0.29, 0.717) is 43.3 Å². The van der Waals surface area contributed by atoms with Gasteiger partial charge in [0.1, 0.15) is 5.70 Å². The van der Waals surface area contributed by atoms with Crippen LogP contribution in [-0.4, -0.2) is 57.2 Å². The zero-order chi connectivity index (χ0) is 23.4. The number of hydrogen-bond donors (Lipinski definition) is 0. The minimum Gasteiger partial charge on any atom is -0.383 e. The van der Waals surface area contributed by atoms with Gasteiger partial charge in [-0.1, -0.05) is 66.2 Å². The predicted octanol–water partition coefficient (Wildman–Crippen LogP) is 4.03. The zero-order valence-electron chi connectivity index (χ0n) is 19.2. The maximum absolute atomic E-state index is 13.9. The molecule has 0 saturated carbocycles. The molecule has 0 atom stereocenters. The molecule has 6 heteroatoms. The molecule has 3 aromatic carbocycles. The van der Waals surface area contributed by atoms with E-state index < -0.39 is 0 Å². The standard InChI is InChI=1S/C27H28N2O4/c1-19-11-13-21(14-12-19)24-25(28(15-17-32-2)16-18-33-3)27(31)29(26(24)30)23-10-6-8-20-7-4-5-9-22(20)23/h4-14H,15-18H2,1-3H3. The van der Waals surface area contributed by atoms with Gasteiger partial charge < -0.3 is 14.4 Å². The third-order valence-corrected chi connectivity index (χ3v) is 5.85. The molecule has 0 spiro atoms. The van der Waals surface area contributed by atoms with Gasteiger partial charge in [0.05, 0.1) is 24.5 Å². The van der Waals surface area contributed by atoms with Crippen LogP contribution >= 0.6 is 0 Å². The van der Waals surface area contributed by atoms with Gasteiger partial charge in [0.2, 0.25) is 0 Å². The largest absolute Gasteiger partial charge is 0.383 e. The molecule has 170 valence electrons. The van der Waals surface area contributed by atoms with Gasteiger partial charge in [-0.25, -0.2) is 4.90 Å². The number of fused-ring (bicyclic) bond motifs is 1. The van der Waals surface area contributed by atoms with Gasteiger partial charge in [0.15, 0.2) is 0 Å². The van der Waals surface area contributed by atoms with E-state index in [9.17, 15) is 9.59 Å². The number of methoxy groups -OCH3 is 2. The second kappa shape index (κ2) is 9.98. The number of imide groups is 1. The first-order valence-corrected chi connectivity index (χ1v) is 11.0. The number of benzene rings is 3. The van der Waals surface area contributed by atoms with Gasteiger partial charge >= 0.3 is 0 Å². The SMILES string of the molecule is COCCN(CCOC)C1=C(c2ccc(C)cc2)C(=O)N(c2cccc3ccccc23)C1=O. The maximum atomic E-state index is 13.9. The highest BCUT2D eigenvalue weighted by atomic mass is 16.5. The topological polar surface area (TPSA) is 59.1 Å². The minimum absolute atomic E-state index is 0.324. The van der Waals surface area contributed by atoms with Gasteiger partial charge in [-0.15, -0.1) is 0 Å². The van der Waals surface area contributed by atoms with E-state index in [2.05, 4.69) is 0 Å². The van der Waals surface area contributed by atoms with E-state index >= 15 is 0 Å². The summed E-state index contributed by atoms with van der Waals surface area (Å²) in [5.41, 5.74) is 3.17. The van der Waals surface area contributed by atoms with Gasteiger partial charge in [-0.2, -0.15) is 0 Å². The fraction of sp³-hybridized carbons (Fsp3) is 0.259. The highest BCUT2D eigenvalue weighted by Gasteiger charge is 2.42. The Balaban J connectivity index is 1.87. The molecule has 0 aliphatic carbocycles. The fourth-order valence-electron chi connectivity index (χ4n) is 4.15. The van der Waals surface area contributed by atoms with E-state index in [4.69, 9.17) is 9.47 Å². The molecule has 0 aromatic heterocycles. The molecule has 0 N–H and O–H groups in total. The molecule has 1 heterocycles. The summed E-state index contributed by atoms with van der Waals surface area (Å²) in [6.45, 7) is 3.76. The molecular formula is C27H28N2O4. The molecule has 4 rings (SSSR count). The lowest BCUT2D eigenvalue weighted by Crippen LogP contribution is -2.37. The lowest BCUT2D eigenvalue weighted by Gasteiger charge is -2.26. The van der Waals surface area contributed by atoms with Crippen LogP contribution in [0.25, 0.3) is 16.3 Å². The Hall–Kier alpha value is -3.48. The van der Waals surface area contributed by atoms with Gasteiger partial charge in [0.25, 0.3) is 11.8 Å². The summed E-state index contributed by atoms with van der Waals surface area (Å²) in [5.74, 6) is -0.658. The lowest BCUT2D eigenvalue weighted by atomic mass is 10.0. The lowest BCUT2D eigenvalue weighted by molar-refractivity contribution is -0.120. The molecule has 0 unspecified atom stereocenters. The Morgan fingerprint density at radius 3 is 2.09 bits per heavy atom. The van der Waals surface area contributed by atoms with Gasteiger partial charge in [0, 0.05) is 32.7 Å². The van der Waals surface area contributed by atoms with Crippen LogP contribution in [0.3, 0.4) is 0 Å². The summed E-state index contributed by atoms with van der Waals surface area (Å²) in [5, 5.41) is 1.82. The Morgan fingerprint density at radius 2 is 1.42 bits per heavy atom. The normalized spacial score (nSPS) is 14.0. The van der Waals surface area contributed by atoms with Crippen molar-refractivity contribution in [3.05, 3.63) is 83.6 Å². The van der Waals surface area contributed by atoms with Crippen molar-refractivity contribution in [3.63, 3.8) is 0 Å². The molecule has 2 amide bonds. The predicted molar refractivity (Wildman–Crippen MR) is 130 cm³/mol. The number of rotatable bonds is 9. The van der Waals surface area contributed by atoms with Crippen LogP contribution in [0.2, 0.25) is 0 Å². The molecule has 33 heavy (non-hydrogen) atoms. The Morgan fingerprint density at radius 1 is 0.788 bits per heavy atom. The van der Waals surface area contributed by atoms with Crippen LogP contribution in [0.15, 0.2) is 72.4 Å². The van der Waals surface area contributed by atoms with Crippen LogP contribution in [0.5, 0.6) is 0 Å². The molecular weight excluding hydrogens is 416 g/mol. The van der Waals surface area contributed by atoms with E-state index in [1.54, 1.807) is 14.2 Å². The Labute approximate surface area is 194 Å². The number of carbonyl (C=O) groups excluding carboxylic acids is 2. The summed E-state index contributed by atoms with van der Waals surface area (Å²) in [6.07, 6.45) is 0. The average Bonchev–Trinajstić information content (AvgIpc) is 3.09. The number of nitrogens with zero attached hydrogens (tertiary/aromatic N) is 2. The molecule has 6 nitrogen and oxygen atoms in total. The molecule has 1 aliphatic rings. The molecule has 1 aliphatic heterocycles. The molecule has 3 aromatic rings. The summed E-state index contributed by atoms with van der Waals surface area (Å²) >= 11 is 0. The van der Waals surface area contributed by atoms with Crippen molar-refractivity contribution >= 4 is 33.8 Å². The average molecular weight is 445 g/mol. The number of anilines is 1. The quantitative estimate of drug-likeness (QED) is 0.467. The summed E-state index contributed by atoms with van der Waals surface area (Å²) in [4.78, 5) is 31.0. The first kappa shape index (κ1) is 22.7. The molecule has 0 fully saturated rings. The van der Waals surface area contributed by atoms with E-state index in [1.165, 1.54) is 4.90 Å². The molecule has 0 saturated heterocycles. The Kier molecular flexibility index (Phi) is 6.87. The number of aryl methyl sites for hydroxylation is 1. The second-order valence-electron chi connectivity index (χ2n) is 8.01. The van der Waals surface area contributed by atoms with Crippen molar-refractivity contribution in [3.8, 4) is 0 Å². The van der Waals surface area contributed by atoms with E-state index in [1.807, 2.05) is 78.6 Å². The Bertz CT molecular complexity index is 1190. The van der Waals surface area contributed by atoms with E-state index in [-0.39, 0.29) is 11.8 Å². The summed E-state index contributed by atoms with van der Waals surface area (Å²) in [6, 6.07) is 21.1. The summed E-state index contributed by atoms with van der Waals surface area (Å²) in [7, 11) is 3.24. The van der Waals surface area contributed by atoms with Crippen LogP contribution in [0.4, 0.5) is 5.69 Å². The van der Waals surface area contributed by atoms with Crippen molar-refractivity contribution in [1.82, 2.24) is 4.90 Å². The van der Waals surface area contributed by atoms with Crippen molar-refractivity contribution in [2.24, 2.45) is 0 Å². The zero-order valence-corrected chi connectivity index (χ0v) is 19.2. The highest BCUT2D eigenvalue weighted by molar-refractivity contribution is 6.46. The van der Waals surface area contributed by atoms with Crippen molar-refractivity contribution in [2.45, 2.75) is 6.92 Å². The van der Waals surface area contributed by atoms with Gasteiger partial charge in [-0.3, -0.25) is 9.59 Å². The number of ether oxygens (including phenoxy) is 2. The van der Waals surface area contributed by atoms with Crippen molar-refractivity contribution in [1.29, 1.82) is 0 Å². The van der Waals surface area contributed by atoms with Crippen LogP contribution < -0.4 is 4.90 Å². The first-order chi connectivity index (χ1) is 16.1. The fourth-order valence-corrected chi connectivity index (χ4v) is 4.15. The molecule has 0 radical (unpaired) electrons. The number of hydrogen-bond acceptors (Lipinski definition) is 5. The highest BCUT2D eigenvalue weighted by Crippen LogP contribution is 2.37. The number of amides is 2. The third kappa shape index (κ3) is 4.40. The van der Waals surface area contributed by atoms with Crippen molar-refractivity contribution < 1.29 is 19.1 Å². The van der Waals surface area contributed by atoms with Crippen LogP contribution in [0, 0.1) is 6.92 Å². The summed E-state index contributed by atoms with van der Waals surface area (Å²) < 4.78 is 10.6. The smallest absolute Gasteiger partial charge is 0.282 e. The maximum Gasteiger partial charge on any atom is 0.282 e. The minimum atomic E-state index is -0.334. The first-order valence-electron chi connectivity index (χ1n) is 11.0. The third-order valence-electron chi connectivity index (χ3n) is 5.85.